The van der Waals surface area contributed by atoms with Crippen molar-refractivity contribution >= 4 is 23.7 Å². The van der Waals surface area contributed by atoms with Crippen molar-refractivity contribution in [2.45, 2.75) is 37.7 Å². The second-order valence-electron chi connectivity index (χ2n) is 7.76. The molecule has 0 aliphatic carbocycles. The largest absolute Gasteiger partial charge is 0.490 e. The van der Waals surface area contributed by atoms with Crippen LogP contribution in [0.2, 0.25) is 0 Å². The SMILES string of the molecule is O=C(O)C(F)(F)F.O=C(O)C(F)(F)F.c1cnc(N2CCOCC2c2nccc(N3CCCCC3)n2)nc1. The standard InChI is InChI=1S/C17H22N6O.2C2HF3O2/c1-2-9-22(10-3-1)15-5-8-18-16(21-15)14-13-24-12-11-23(14)17-19-6-4-7-20-17;2*3-2(4,5)1(6)7/h4-8,14H,1-3,9-13H2;2*(H,6,7). The quantitative estimate of drug-likeness (QED) is 0.541. The lowest BCUT2D eigenvalue weighted by Crippen LogP contribution is -2.41. The van der Waals surface area contributed by atoms with Gasteiger partial charge in [0.15, 0.2) is 5.82 Å². The number of anilines is 2. The summed E-state index contributed by atoms with van der Waals surface area (Å²) in [5, 5.41) is 14.2. The van der Waals surface area contributed by atoms with Crippen molar-refractivity contribution < 1.29 is 50.9 Å². The molecule has 11 nitrogen and oxygen atoms in total. The van der Waals surface area contributed by atoms with E-state index >= 15 is 0 Å². The van der Waals surface area contributed by atoms with Crippen molar-refractivity contribution in [3.8, 4) is 0 Å². The number of piperidine rings is 1. The van der Waals surface area contributed by atoms with E-state index in [0.717, 1.165) is 31.3 Å². The van der Waals surface area contributed by atoms with Gasteiger partial charge in [0.2, 0.25) is 5.95 Å². The number of aromatic nitrogens is 4. The fourth-order valence-electron chi connectivity index (χ4n) is 3.32. The van der Waals surface area contributed by atoms with Gasteiger partial charge in [-0.2, -0.15) is 26.3 Å². The van der Waals surface area contributed by atoms with E-state index in [1.54, 1.807) is 12.4 Å². The third-order valence-corrected chi connectivity index (χ3v) is 5.06. The van der Waals surface area contributed by atoms with Crippen LogP contribution in [0.4, 0.5) is 38.1 Å². The van der Waals surface area contributed by atoms with Crippen LogP contribution in [0, 0.1) is 0 Å². The Labute approximate surface area is 212 Å². The number of nitrogens with zero attached hydrogens (tertiary/aromatic N) is 6. The number of halogens is 6. The van der Waals surface area contributed by atoms with Crippen LogP contribution in [-0.4, -0.2) is 87.3 Å². The molecule has 2 saturated heterocycles. The first-order valence-electron chi connectivity index (χ1n) is 11.1. The minimum Gasteiger partial charge on any atom is -0.475 e. The summed E-state index contributed by atoms with van der Waals surface area (Å²) in [6, 6.07) is 3.78. The molecule has 2 aromatic heterocycles. The summed E-state index contributed by atoms with van der Waals surface area (Å²) in [4.78, 5) is 40.4. The molecule has 0 aromatic carbocycles. The maximum atomic E-state index is 10.6. The third kappa shape index (κ3) is 9.60. The number of aliphatic carboxylic acids is 2. The molecule has 210 valence electrons. The summed E-state index contributed by atoms with van der Waals surface area (Å²) >= 11 is 0. The van der Waals surface area contributed by atoms with Crippen LogP contribution in [0.15, 0.2) is 30.7 Å². The first kappa shape index (κ1) is 30.5. The predicted molar refractivity (Wildman–Crippen MR) is 118 cm³/mol. The number of rotatable bonds is 3. The molecule has 2 fully saturated rings. The van der Waals surface area contributed by atoms with E-state index in [9.17, 15) is 26.3 Å². The zero-order valence-corrected chi connectivity index (χ0v) is 19.7. The van der Waals surface area contributed by atoms with Crippen LogP contribution in [0.5, 0.6) is 0 Å². The minimum absolute atomic E-state index is 0.0501. The van der Waals surface area contributed by atoms with Gasteiger partial charge in [0.05, 0.1) is 13.2 Å². The van der Waals surface area contributed by atoms with Crippen LogP contribution in [0.3, 0.4) is 0 Å². The molecule has 0 amide bonds. The number of hydrogen-bond donors (Lipinski definition) is 2. The van der Waals surface area contributed by atoms with Gasteiger partial charge in [-0.3, -0.25) is 0 Å². The van der Waals surface area contributed by atoms with E-state index in [1.165, 1.54) is 19.3 Å². The summed E-state index contributed by atoms with van der Waals surface area (Å²) in [5.41, 5.74) is 0. The number of ether oxygens (including phenoxy) is 1. The average Bonchev–Trinajstić information content (AvgIpc) is 2.89. The first-order chi connectivity index (χ1) is 17.8. The highest BCUT2D eigenvalue weighted by atomic mass is 19.4. The van der Waals surface area contributed by atoms with Crippen molar-refractivity contribution in [2.75, 3.05) is 42.6 Å². The molecule has 2 aliphatic heterocycles. The molecule has 0 saturated carbocycles. The zero-order chi connectivity index (χ0) is 28.3. The normalized spacial score (nSPS) is 17.9. The van der Waals surface area contributed by atoms with Crippen LogP contribution in [0.25, 0.3) is 0 Å². The molecular formula is C21H24F6N6O5. The van der Waals surface area contributed by atoms with Gasteiger partial charge >= 0.3 is 24.3 Å². The van der Waals surface area contributed by atoms with Gasteiger partial charge in [0.1, 0.15) is 11.9 Å². The van der Waals surface area contributed by atoms with Crippen molar-refractivity contribution in [2.24, 2.45) is 0 Å². The van der Waals surface area contributed by atoms with E-state index in [2.05, 4.69) is 24.8 Å². The Bertz CT molecular complexity index is 1010. The molecule has 0 radical (unpaired) electrons. The molecular weight excluding hydrogens is 530 g/mol. The van der Waals surface area contributed by atoms with E-state index in [4.69, 9.17) is 29.5 Å². The molecule has 2 N–H and O–H groups in total. The molecule has 38 heavy (non-hydrogen) atoms. The van der Waals surface area contributed by atoms with E-state index in [0.29, 0.717) is 19.2 Å². The van der Waals surface area contributed by atoms with Crippen LogP contribution in [0.1, 0.15) is 31.1 Å². The molecule has 4 rings (SSSR count). The topological polar surface area (TPSA) is 142 Å². The van der Waals surface area contributed by atoms with Gasteiger partial charge in [0, 0.05) is 38.2 Å². The highest BCUT2D eigenvalue weighted by molar-refractivity contribution is 5.73. The third-order valence-electron chi connectivity index (χ3n) is 5.06. The van der Waals surface area contributed by atoms with Gasteiger partial charge in [-0.25, -0.2) is 29.5 Å². The number of morpholine rings is 1. The number of alkyl halides is 6. The van der Waals surface area contributed by atoms with Crippen LogP contribution in [-0.2, 0) is 14.3 Å². The number of carboxylic acids is 2. The fourth-order valence-corrected chi connectivity index (χ4v) is 3.32. The molecule has 1 unspecified atom stereocenters. The lowest BCUT2D eigenvalue weighted by atomic mass is 10.1. The monoisotopic (exact) mass is 554 g/mol. The summed E-state index contributed by atoms with van der Waals surface area (Å²) < 4.78 is 69.2. The van der Waals surface area contributed by atoms with Gasteiger partial charge in [-0.15, -0.1) is 0 Å². The van der Waals surface area contributed by atoms with Gasteiger partial charge in [-0.05, 0) is 31.4 Å². The number of carboxylic acid groups (broad SMARTS) is 2. The van der Waals surface area contributed by atoms with Gasteiger partial charge in [0.25, 0.3) is 0 Å². The van der Waals surface area contributed by atoms with Crippen molar-refractivity contribution in [1.29, 1.82) is 0 Å². The Morgan fingerprint density at radius 1 is 0.868 bits per heavy atom. The van der Waals surface area contributed by atoms with Crippen molar-refractivity contribution in [3.05, 3.63) is 36.5 Å². The molecule has 0 spiro atoms. The predicted octanol–water partition coefficient (Wildman–Crippen LogP) is 3.10. The summed E-state index contributed by atoms with van der Waals surface area (Å²) in [6.45, 7) is 4.11. The van der Waals surface area contributed by atoms with E-state index in [1.807, 2.05) is 18.3 Å². The molecule has 2 aromatic rings. The summed E-state index contributed by atoms with van der Waals surface area (Å²) in [7, 11) is 0. The highest BCUT2D eigenvalue weighted by Gasteiger charge is 2.39. The molecule has 2 aliphatic rings. The number of hydrogen-bond acceptors (Lipinski definition) is 9. The van der Waals surface area contributed by atoms with Crippen LogP contribution >= 0.6 is 0 Å². The lowest BCUT2D eigenvalue weighted by Gasteiger charge is -2.35. The van der Waals surface area contributed by atoms with Crippen LogP contribution < -0.4 is 9.80 Å². The second kappa shape index (κ2) is 13.7. The van der Waals surface area contributed by atoms with Crippen molar-refractivity contribution in [1.82, 2.24) is 19.9 Å². The summed E-state index contributed by atoms with van der Waals surface area (Å²) in [6.07, 6.45) is -1.01. The maximum absolute atomic E-state index is 10.6. The Morgan fingerprint density at radius 3 is 1.95 bits per heavy atom. The van der Waals surface area contributed by atoms with Gasteiger partial charge < -0.3 is 24.7 Å². The number of carbonyl (C=O) groups is 2. The molecule has 1 atom stereocenters. The van der Waals surface area contributed by atoms with Crippen molar-refractivity contribution in [3.63, 3.8) is 0 Å². The first-order valence-corrected chi connectivity index (χ1v) is 11.1. The summed E-state index contributed by atoms with van der Waals surface area (Å²) in [5.74, 6) is -3.01. The maximum Gasteiger partial charge on any atom is 0.490 e. The molecule has 0 bridgehead atoms. The van der Waals surface area contributed by atoms with Gasteiger partial charge in [-0.1, -0.05) is 0 Å². The lowest BCUT2D eigenvalue weighted by molar-refractivity contribution is -0.193. The Kier molecular flexibility index (Phi) is 11.0. The smallest absolute Gasteiger partial charge is 0.475 e. The Balaban J connectivity index is 0.000000301. The molecule has 4 heterocycles. The zero-order valence-electron chi connectivity index (χ0n) is 19.7. The van der Waals surface area contributed by atoms with E-state index in [-0.39, 0.29) is 6.04 Å². The Morgan fingerprint density at radius 2 is 1.42 bits per heavy atom. The molecule has 17 heteroatoms. The highest BCUT2D eigenvalue weighted by Crippen LogP contribution is 2.27. The van der Waals surface area contributed by atoms with E-state index < -0.39 is 24.3 Å². The second-order valence-corrected chi connectivity index (χ2v) is 7.76. The minimum atomic E-state index is -5.08. The Hall–Kier alpha value is -3.76. The fraction of sp³-hybridized carbons (Fsp3) is 0.524. The average molecular weight is 554 g/mol.